The molecule has 13 heavy (non-hydrogen) atoms. The smallest absolute Gasteiger partial charge is 0.209 e. The molecule has 0 aromatic carbocycles. The molecule has 0 spiro atoms. The molecule has 0 atom stereocenters. The highest BCUT2D eigenvalue weighted by molar-refractivity contribution is 7.88. The van der Waals surface area contributed by atoms with Crippen LogP contribution in [0.2, 0.25) is 0 Å². The lowest BCUT2D eigenvalue weighted by Crippen LogP contribution is -2.20. The molecule has 1 rings (SSSR count). The van der Waals surface area contributed by atoms with Crippen molar-refractivity contribution < 1.29 is 8.42 Å². The van der Waals surface area contributed by atoms with E-state index in [-0.39, 0.29) is 0 Å². The predicted molar refractivity (Wildman–Crippen MR) is 53.2 cm³/mol. The van der Waals surface area contributed by atoms with Crippen molar-refractivity contribution in [3.63, 3.8) is 0 Å². The van der Waals surface area contributed by atoms with Gasteiger partial charge >= 0.3 is 0 Å². The van der Waals surface area contributed by atoms with E-state index in [1.165, 1.54) is 16.2 Å². The Labute approximate surface area is 82.1 Å². The maximum atomic E-state index is 10.7. The standard InChI is InChI=1S/C7H12N2O2S2/c1-3-6-4-8-7(12-6)5-9-13(2,10)11/h4,9H,3,5H2,1-2H3. The zero-order valence-electron chi connectivity index (χ0n) is 7.57. The normalized spacial score (nSPS) is 11.8. The number of thiazole rings is 1. The maximum absolute atomic E-state index is 10.7. The minimum absolute atomic E-state index is 0.295. The molecule has 0 fully saturated rings. The van der Waals surface area contributed by atoms with Crippen molar-refractivity contribution in [1.82, 2.24) is 9.71 Å². The molecule has 1 aromatic rings. The fourth-order valence-corrected chi connectivity index (χ4v) is 2.08. The number of hydrogen-bond acceptors (Lipinski definition) is 4. The molecule has 0 unspecified atom stereocenters. The van der Waals surface area contributed by atoms with E-state index < -0.39 is 10.0 Å². The van der Waals surface area contributed by atoms with Crippen molar-refractivity contribution >= 4 is 21.4 Å². The van der Waals surface area contributed by atoms with Gasteiger partial charge in [0.05, 0.1) is 12.8 Å². The van der Waals surface area contributed by atoms with Gasteiger partial charge in [0.2, 0.25) is 10.0 Å². The first kappa shape index (κ1) is 10.6. The Kier molecular flexibility index (Phi) is 3.40. The third-order valence-corrected chi connectivity index (χ3v) is 3.25. The van der Waals surface area contributed by atoms with Gasteiger partial charge in [-0.25, -0.2) is 18.1 Å². The van der Waals surface area contributed by atoms with Crippen LogP contribution in [0.3, 0.4) is 0 Å². The molecule has 0 aliphatic rings. The Bertz CT molecular complexity index is 370. The van der Waals surface area contributed by atoms with Gasteiger partial charge in [0.15, 0.2) is 0 Å². The Morgan fingerprint density at radius 2 is 2.31 bits per heavy atom. The lowest BCUT2D eigenvalue weighted by molar-refractivity contribution is 0.587. The fraction of sp³-hybridized carbons (Fsp3) is 0.571. The molecule has 0 aliphatic heterocycles. The first-order chi connectivity index (χ1) is 6.01. The van der Waals surface area contributed by atoms with Gasteiger partial charge in [0.1, 0.15) is 5.01 Å². The molecule has 1 N–H and O–H groups in total. The minimum atomic E-state index is -3.10. The molecular formula is C7H12N2O2S2. The van der Waals surface area contributed by atoms with E-state index in [1.807, 2.05) is 6.92 Å². The minimum Gasteiger partial charge on any atom is -0.248 e. The van der Waals surface area contributed by atoms with E-state index in [4.69, 9.17) is 0 Å². The summed E-state index contributed by atoms with van der Waals surface area (Å²) in [4.78, 5) is 5.25. The number of aryl methyl sites for hydroxylation is 1. The summed E-state index contributed by atoms with van der Waals surface area (Å²) < 4.78 is 23.9. The van der Waals surface area contributed by atoms with Gasteiger partial charge in [0.25, 0.3) is 0 Å². The van der Waals surface area contributed by atoms with E-state index in [0.717, 1.165) is 17.7 Å². The predicted octanol–water partition coefficient (Wildman–Crippen LogP) is 0.755. The summed E-state index contributed by atoms with van der Waals surface area (Å²) in [6.45, 7) is 2.34. The van der Waals surface area contributed by atoms with Crippen LogP contribution < -0.4 is 4.72 Å². The van der Waals surface area contributed by atoms with Crippen molar-refractivity contribution in [1.29, 1.82) is 0 Å². The van der Waals surface area contributed by atoms with Crippen LogP contribution in [0.25, 0.3) is 0 Å². The number of aromatic nitrogens is 1. The van der Waals surface area contributed by atoms with Gasteiger partial charge in [-0.2, -0.15) is 0 Å². The summed E-state index contributed by atoms with van der Waals surface area (Å²) in [7, 11) is -3.10. The molecule has 1 heterocycles. The number of nitrogens with one attached hydrogen (secondary N) is 1. The van der Waals surface area contributed by atoms with Crippen molar-refractivity contribution in [2.45, 2.75) is 19.9 Å². The largest absolute Gasteiger partial charge is 0.248 e. The molecule has 74 valence electrons. The Hall–Kier alpha value is -0.460. The van der Waals surface area contributed by atoms with E-state index in [2.05, 4.69) is 9.71 Å². The molecule has 0 radical (unpaired) electrons. The van der Waals surface area contributed by atoms with Crippen LogP contribution in [-0.4, -0.2) is 19.7 Å². The molecule has 0 bridgehead atoms. The Morgan fingerprint density at radius 1 is 1.62 bits per heavy atom. The zero-order chi connectivity index (χ0) is 9.90. The quantitative estimate of drug-likeness (QED) is 0.814. The molecule has 0 saturated carbocycles. The molecule has 0 saturated heterocycles. The SMILES string of the molecule is CCc1cnc(CNS(C)(=O)=O)s1. The second-order valence-corrected chi connectivity index (χ2v) is 5.70. The lowest BCUT2D eigenvalue weighted by Gasteiger charge is -1.96. The van der Waals surface area contributed by atoms with Crippen molar-refractivity contribution in [3.05, 3.63) is 16.1 Å². The molecular weight excluding hydrogens is 208 g/mol. The van der Waals surface area contributed by atoms with Crippen molar-refractivity contribution in [2.24, 2.45) is 0 Å². The van der Waals surface area contributed by atoms with Gasteiger partial charge in [0, 0.05) is 11.1 Å². The van der Waals surface area contributed by atoms with Gasteiger partial charge in [-0.15, -0.1) is 11.3 Å². The Morgan fingerprint density at radius 3 is 2.77 bits per heavy atom. The summed E-state index contributed by atoms with van der Waals surface area (Å²) in [6.07, 6.45) is 3.86. The maximum Gasteiger partial charge on any atom is 0.209 e. The number of sulfonamides is 1. The highest BCUT2D eigenvalue weighted by atomic mass is 32.2. The number of hydrogen-bond donors (Lipinski definition) is 1. The third kappa shape index (κ3) is 3.84. The molecule has 4 nitrogen and oxygen atoms in total. The van der Waals surface area contributed by atoms with Crippen LogP contribution in [0, 0.1) is 0 Å². The molecule has 0 amide bonds. The fourth-order valence-electron chi connectivity index (χ4n) is 0.786. The summed E-state index contributed by atoms with van der Waals surface area (Å²) in [5, 5.41) is 0.808. The van der Waals surface area contributed by atoms with Gasteiger partial charge in [-0.3, -0.25) is 0 Å². The van der Waals surface area contributed by atoms with Crippen LogP contribution >= 0.6 is 11.3 Å². The van der Waals surface area contributed by atoms with Gasteiger partial charge in [-0.1, -0.05) is 6.92 Å². The summed E-state index contributed by atoms with van der Waals surface area (Å²) in [5.74, 6) is 0. The van der Waals surface area contributed by atoms with Crippen LogP contribution in [0.4, 0.5) is 0 Å². The third-order valence-electron chi connectivity index (χ3n) is 1.44. The highest BCUT2D eigenvalue weighted by Crippen LogP contribution is 2.12. The van der Waals surface area contributed by atoms with E-state index in [0.29, 0.717) is 6.54 Å². The van der Waals surface area contributed by atoms with E-state index >= 15 is 0 Å². The molecule has 1 aromatic heterocycles. The molecule has 0 aliphatic carbocycles. The average molecular weight is 220 g/mol. The molecule has 6 heteroatoms. The monoisotopic (exact) mass is 220 g/mol. The summed E-state index contributed by atoms with van der Waals surface area (Å²) in [6, 6.07) is 0. The van der Waals surface area contributed by atoms with E-state index in [1.54, 1.807) is 6.20 Å². The first-order valence-electron chi connectivity index (χ1n) is 3.89. The van der Waals surface area contributed by atoms with Crippen molar-refractivity contribution in [2.75, 3.05) is 6.26 Å². The van der Waals surface area contributed by atoms with Crippen LogP contribution in [-0.2, 0) is 23.0 Å². The summed E-state index contributed by atoms with van der Waals surface area (Å²) in [5.41, 5.74) is 0. The van der Waals surface area contributed by atoms with Crippen LogP contribution in [0.15, 0.2) is 6.20 Å². The Balaban J connectivity index is 2.55. The highest BCUT2D eigenvalue weighted by Gasteiger charge is 2.04. The topological polar surface area (TPSA) is 59.1 Å². The number of nitrogens with zero attached hydrogens (tertiary/aromatic N) is 1. The summed E-state index contributed by atoms with van der Waals surface area (Å²) >= 11 is 1.54. The van der Waals surface area contributed by atoms with Crippen LogP contribution in [0.5, 0.6) is 0 Å². The zero-order valence-corrected chi connectivity index (χ0v) is 9.20. The first-order valence-corrected chi connectivity index (χ1v) is 6.60. The van der Waals surface area contributed by atoms with Gasteiger partial charge < -0.3 is 0 Å². The number of rotatable bonds is 4. The van der Waals surface area contributed by atoms with E-state index in [9.17, 15) is 8.42 Å². The van der Waals surface area contributed by atoms with Crippen molar-refractivity contribution in [3.8, 4) is 0 Å². The lowest BCUT2D eigenvalue weighted by atomic mass is 10.4. The second-order valence-electron chi connectivity index (χ2n) is 2.67. The average Bonchev–Trinajstić information content (AvgIpc) is 2.47. The second kappa shape index (κ2) is 4.17. The van der Waals surface area contributed by atoms with Gasteiger partial charge in [-0.05, 0) is 6.42 Å². The van der Waals surface area contributed by atoms with Crippen LogP contribution in [0.1, 0.15) is 16.8 Å².